The molecule has 0 heterocycles. The molecule has 0 saturated carbocycles. The first kappa shape index (κ1) is 7.50. The fourth-order valence-corrected chi connectivity index (χ4v) is 0.358. The number of hydrogen-bond acceptors (Lipinski definition) is 2. The quantitative estimate of drug-likeness (QED) is 0.559. The number of halogens is 1. The van der Waals surface area contributed by atoms with E-state index >= 15 is 0 Å². The molecule has 8 heavy (non-hydrogen) atoms. The Balaban J connectivity index is 3.49. The van der Waals surface area contributed by atoms with Crippen LogP contribution < -0.4 is 5.32 Å². The number of allylic oxidation sites excluding steroid dienone is 1. The van der Waals surface area contributed by atoms with Crippen LogP contribution in [0.1, 0.15) is 6.92 Å². The van der Waals surface area contributed by atoms with Crippen LogP contribution in [0.25, 0.3) is 0 Å². The lowest BCUT2D eigenvalue weighted by molar-refractivity contribution is 0.895. The van der Waals surface area contributed by atoms with Crippen molar-refractivity contribution >= 4 is 16.8 Å². The zero-order valence-electron chi connectivity index (χ0n) is 4.79. The van der Waals surface area contributed by atoms with Crippen molar-refractivity contribution in [3.8, 4) is 0 Å². The van der Waals surface area contributed by atoms with Gasteiger partial charge in [-0.15, -0.1) is 0 Å². The summed E-state index contributed by atoms with van der Waals surface area (Å²) in [5, 5.41) is 9.58. The van der Waals surface area contributed by atoms with Crippen LogP contribution >= 0.6 is 11.6 Å². The van der Waals surface area contributed by atoms with Crippen molar-refractivity contribution in [2.75, 3.05) is 6.54 Å². The van der Waals surface area contributed by atoms with Gasteiger partial charge in [0.05, 0.1) is 5.70 Å². The maximum Gasteiger partial charge on any atom is 0.143 e. The molecule has 0 aliphatic carbocycles. The van der Waals surface area contributed by atoms with Crippen molar-refractivity contribution in [2.24, 2.45) is 0 Å². The van der Waals surface area contributed by atoms with Crippen molar-refractivity contribution < 1.29 is 0 Å². The van der Waals surface area contributed by atoms with Crippen LogP contribution in [-0.2, 0) is 0 Å². The largest absolute Gasteiger partial charge is 0.383 e. The Bertz CT molecular complexity index is 109. The van der Waals surface area contributed by atoms with Crippen LogP contribution in [0.3, 0.4) is 0 Å². The van der Waals surface area contributed by atoms with Crippen molar-refractivity contribution in [3.63, 3.8) is 0 Å². The van der Waals surface area contributed by atoms with Gasteiger partial charge in [0, 0.05) is 6.54 Å². The summed E-state index contributed by atoms with van der Waals surface area (Å²) in [7, 11) is 0. The lowest BCUT2D eigenvalue weighted by Crippen LogP contribution is -2.14. The van der Waals surface area contributed by atoms with E-state index in [-0.39, 0.29) is 5.17 Å². The average molecular weight is 133 g/mol. The van der Waals surface area contributed by atoms with Crippen molar-refractivity contribution in [3.05, 3.63) is 12.3 Å². The molecule has 0 aliphatic rings. The summed E-state index contributed by atoms with van der Waals surface area (Å²) in [5.41, 5.74) is 0.481. The van der Waals surface area contributed by atoms with E-state index in [4.69, 9.17) is 17.0 Å². The molecule has 46 valence electrons. The van der Waals surface area contributed by atoms with Gasteiger partial charge in [-0.2, -0.15) is 0 Å². The lowest BCUT2D eigenvalue weighted by Gasteiger charge is -2.00. The van der Waals surface area contributed by atoms with Gasteiger partial charge in [0.2, 0.25) is 0 Å². The standard InChI is InChI=1S/C5H9ClN2/c1-3-8-4(2)5(6)7/h7-8H,2-3H2,1H3. The van der Waals surface area contributed by atoms with E-state index in [0.717, 1.165) is 6.54 Å². The Morgan fingerprint density at radius 3 is 2.50 bits per heavy atom. The van der Waals surface area contributed by atoms with Gasteiger partial charge >= 0.3 is 0 Å². The van der Waals surface area contributed by atoms with Gasteiger partial charge in [0.25, 0.3) is 0 Å². The minimum absolute atomic E-state index is 0.0214. The molecular formula is C5H9ClN2. The van der Waals surface area contributed by atoms with Gasteiger partial charge in [-0.25, -0.2) is 0 Å². The predicted molar refractivity (Wildman–Crippen MR) is 36.4 cm³/mol. The number of rotatable bonds is 3. The Morgan fingerprint density at radius 2 is 2.38 bits per heavy atom. The molecule has 0 bridgehead atoms. The number of nitrogens with one attached hydrogen (secondary N) is 2. The molecule has 0 amide bonds. The third-order valence-electron chi connectivity index (χ3n) is 0.655. The van der Waals surface area contributed by atoms with Crippen molar-refractivity contribution in [1.29, 1.82) is 5.41 Å². The Labute approximate surface area is 54.0 Å². The van der Waals surface area contributed by atoms with Crippen LogP contribution in [0.5, 0.6) is 0 Å². The second-order valence-electron chi connectivity index (χ2n) is 1.32. The van der Waals surface area contributed by atoms with E-state index in [1.54, 1.807) is 0 Å². The van der Waals surface area contributed by atoms with Crippen LogP contribution in [0.2, 0.25) is 0 Å². The van der Waals surface area contributed by atoms with Crippen molar-refractivity contribution in [2.45, 2.75) is 6.92 Å². The van der Waals surface area contributed by atoms with E-state index in [1.165, 1.54) is 0 Å². The normalized spacial score (nSPS) is 8.25. The van der Waals surface area contributed by atoms with E-state index < -0.39 is 0 Å². The smallest absolute Gasteiger partial charge is 0.143 e. The van der Waals surface area contributed by atoms with Gasteiger partial charge < -0.3 is 5.32 Å². The fraction of sp³-hybridized carbons (Fsp3) is 0.400. The first-order valence-corrected chi connectivity index (χ1v) is 2.73. The fourth-order valence-electron chi connectivity index (χ4n) is 0.291. The Hall–Kier alpha value is -0.500. The molecule has 0 fully saturated rings. The maximum atomic E-state index is 6.81. The predicted octanol–water partition coefficient (Wildman–Crippen LogP) is 1.33. The molecule has 0 aliphatic heterocycles. The van der Waals surface area contributed by atoms with Crippen LogP contribution in [-0.4, -0.2) is 11.7 Å². The molecule has 3 heteroatoms. The van der Waals surface area contributed by atoms with Crippen molar-refractivity contribution in [1.82, 2.24) is 5.32 Å². The first-order valence-electron chi connectivity index (χ1n) is 2.35. The second kappa shape index (κ2) is 3.50. The monoisotopic (exact) mass is 132 g/mol. The van der Waals surface area contributed by atoms with Crippen LogP contribution in [0.15, 0.2) is 12.3 Å². The van der Waals surface area contributed by atoms with E-state index in [9.17, 15) is 0 Å². The first-order chi connectivity index (χ1) is 3.68. The van der Waals surface area contributed by atoms with E-state index in [1.807, 2.05) is 6.92 Å². The van der Waals surface area contributed by atoms with Gasteiger partial charge in [-0.1, -0.05) is 18.2 Å². The molecule has 0 aromatic rings. The molecule has 2 N–H and O–H groups in total. The SMILES string of the molecule is C=C(NCC)C(=N)Cl. The molecular weight excluding hydrogens is 124 g/mol. The molecule has 2 nitrogen and oxygen atoms in total. The van der Waals surface area contributed by atoms with Crippen LogP contribution in [0, 0.1) is 5.41 Å². The summed E-state index contributed by atoms with van der Waals surface area (Å²) >= 11 is 5.23. The molecule has 0 unspecified atom stereocenters. The zero-order chi connectivity index (χ0) is 6.57. The average Bonchev–Trinajstić information content (AvgIpc) is 1.67. The third kappa shape index (κ3) is 2.64. The van der Waals surface area contributed by atoms with Gasteiger partial charge in [0.1, 0.15) is 5.17 Å². The highest BCUT2D eigenvalue weighted by Crippen LogP contribution is 1.90. The summed E-state index contributed by atoms with van der Waals surface area (Å²) in [6.07, 6.45) is 0. The minimum atomic E-state index is -0.0214. The molecule has 0 atom stereocenters. The Morgan fingerprint density at radius 1 is 1.88 bits per heavy atom. The molecule has 0 aromatic carbocycles. The van der Waals surface area contributed by atoms with Crippen LogP contribution in [0.4, 0.5) is 0 Å². The minimum Gasteiger partial charge on any atom is -0.383 e. The lowest BCUT2D eigenvalue weighted by atomic mass is 10.5. The Kier molecular flexibility index (Phi) is 3.28. The summed E-state index contributed by atoms with van der Waals surface area (Å²) < 4.78 is 0. The molecule has 0 spiro atoms. The van der Waals surface area contributed by atoms with Gasteiger partial charge in [0.15, 0.2) is 0 Å². The summed E-state index contributed by atoms with van der Waals surface area (Å²) in [4.78, 5) is 0. The van der Waals surface area contributed by atoms with Gasteiger partial charge in [-0.3, -0.25) is 5.41 Å². The second-order valence-corrected chi connectivity index (χ2v) is 1.70. The summed E-state index contributed by atoms with van der Waals surface area (Å²) in [5.74, 6) is 0. The van der Waals surface area contributed by atoms with E-state index in [2.05, 4.69) is 11.9 Å². The maximum absolute atomic E-state index is 6.81. The molecule has 0 aromatic heterocycles. The molecule has 0 saturated heterocycles. The topological polar surface area (TPSA) is 35.9 Å². The number of hydrogen-bond donors (Lipinski definition) is 2. The zero-order valence-corrected chi connectivity index (χ0v) is 5.55. The molecule has 0 radical (unpaired) electrons. The summed E-state index contributed by atoms with van der Waals surface area (Å²) in [6.45, 7) is 6.16. The van der Waals surface area contributed by atoms with Gasteiger partial charge in [-0.05, 0) is 6.92 Å². The summed E-state index contributed by atoms with van der Waals surface area (Å²) in [6, 6.07) is 0. The molecule has 0 rings (SSSR count). The highest BCUT2D eigenvalue weighted by molar-refractivity contribution is 6.68. The van der Waals surface area contributed by atoms with E-state index in [0.29, 0.717) is 5.70 Å². The third-order valence-corrected chi connectivity index (χ3v) is 0.883. The highest BCUT2D eigenvalue weighted by Gasteiger charge is 1.92. The highest BCUT2D eigenvalue weighted by atomic mass is 35.5.